The Morgan fingerprint density at radius 1 is 1.18 bits per heavy atom. The number of hydrogen-bond donors (Lipinski definition) is 1. The Morgan fingerprint density at radius 3 is 2.71 bits per heavy atom. The van der Waals surface area contributed by atoms with Crippen LogP contribution >= 0.6 is 23.2 Å². The van der Waals surface area contributed by atoms with Gasteiger partial charge in [0.2, 0.25) is 0 Å². The van der Waals surface area contributed by atoms with Crippen LogP contribution in [0.4, 0.5) is 0 Å². The lowest BCUT2D eigenvalue weighted by molar-refractivity contribution is -0.127. The van der Waals surface area contributed by atoms with E-state index in [1.165, 1.54) is 0 Å². The van der Waals surface area contributed by atoms with E-state index in [2.05, 4.69) is 17.5 Å². The number of unbranched alkanes of at least 4 members (excludes halogenated alkanes) is 2. The molecule has 2 aromatic rings. The van der Waals surface area contributed by atoms with E-state index in [1.807, 2.05) is 24.3 Å². The Kier molecular flexibility index (Phi) is 9.11. The maximum atomic E-state index is 12.2. The molecule has 0 saturated heterocycles. The molecule has 1 N–H and O–H groups in total. The van der Waals surface area contributed by atoms with E-state index in [0.29, 0.717) is 22.4 Å². The van der Waals surface area contributed by atoms with Crippen molar-refractivity contribution < 1.29 is 14.3 Å². The van der Waals surface area contributed by atoms with Crippen molar-refractivity contribution in [1.82, 2.24) is 5.43 Å². The standard InChI is InChI=1S/C21H24Cl2N2O3/c1-3-4-7-12-27-19-9-6-5-8-16(19)14-24-25-21(26)15(2)28-20-11-10-17(22)13-18(20)23/h5-6,8-11,13-15H,3-4,7,12H2,1-2H3,(H,25,26)/b24-14-/t15-/m1/s1. The Morgan fingerprint density at radius 2 is 1.96 bits per heavy atom. The summed E-state index contributed by atoms with van der Waals surface area (Å²) in [5.74, 6) is 0.709. The van der Waals surface area contributed by atoms with Crippen LogP contribution in [0.15, 0.2) is 47.6 Å². The van der Waals surface area contributed by atoms with Crippen LogP contribution < -0.4 is 14.9 Å². The van der Waals surface area contributed by atoms with Crippen LogP contribution in [0.3, 0.4) is 0 Å². The van der Waals surface area contributed by atoms with Gasteiger partial charge in [0.25, 0.3) is 5.91 Å². The van der Waals surface area contributed by atoms with Crippen LogP contribution in [0.5, 0.6) is 11.5 Å². The molecule has 2 rings (SSSR count). The SMILES string of the molecule is CCCCCOc1ccccc1/C=N\NC(=O)[C@@H](C)Oc1ccc(Cl)cc1Cl. The minimum atomic E-state index is -0.781. The molecule has 5 nitrogen and oxygen atoms in total. The topological polar surface area (TPSA) is 59.9 Å². The maximum Gasteiger partial charge on any atom is 0.280 e. The predicted molar refractivity (Wildman–Crippen MR) is 114 cm³/mol. The third-order valence-corrected chi connectivity index (χ3v) is 4.40. The summed E-state index contributed by atoms with van der Waals surface area (Å²) in [7, 11) is 0. The first-order valence-corrected chi connectivity index (χ1v) is 9.93. The molecule has 28 heavy (non-hydrogen) atoms. The summed E-state index contributed by atoms with van der Waals surface area (Å²) in [6.45, 7) is 4.41. The van der Waals surface area contributed by atoms with Crippen molar-refractivity contribution >= 4 is 35.3 Å². The number of carbonyl (C=O) groups is 1. The molecule has 0 unspecified atom stereocenters. The summed E-state index contributed by atoms with van der Waals surface area (Å²) in [5.41, 5.74) is 3.25. The van der Waals surface area contributed by atoms with Gasteiger partial charge in [-0.3, -0.25) is 4.79 Å². The van der Waals surface area contributed by atoms with Crippen LogP contribution in [0.1, 0.15) is 38.7 Å². The number of rotatable bonds is 10. The number of hydrazone groups is 1. The summed E-state index contributed by atoms with van der Waals surface area (Å²) >= 11 is 11.9. The average molecular weight is 423 g/mol. The maximum absolute atomic E-state index is 12.2. The Labute approximate surface area is 175 Å². The zero-order chi connectivity index (χ0) is 20.4. The third-order valence-electron chi connectivity index (χ3n) is 3.87. The highest BCUT2D eigenvalue weighted by atomic mass is 35.5. The molecule has 0 fully saturated rings. The molecule has 1 atom stereocenters. The predicted octanol–water partition coefficient (Wildman–Crippen LogP) is 5.48. The van der Waals surface area contributed by atoms with Gasteiger partial charge >= 0.3 is 0 Å². The minimum absolute atomic E-state index is 0.338. The van der Waals surface area contributed by atoms with Gasteiger partial charge in [0.15, 0.2) is 6.10 Å². The molecular formula is C21H24Cl2N2O3. The second-order valence-electron chi connectivity index (χ2n) is 6.16. The van der Waals surface area contributed by atoms with E-state index in [-0.39, 0.29) is 0 Å². The summed E-state index contributed by atoms with van der Waals surface area (Å²) in [5, 5.41) is 4.84. The fourth-order valence-electron chi connectivity index (χ4n) is 2.32. The Balaban J connectivity index is 1.90. The molecule has 7 heteroatoms. The number of hydrogen-bond acceptors (Lipinski definition) is 4. The average Bonchev–Trinajstić information content (AvgIpc) is 2.68. The van der Waals surface area contributed by atoms with Crippen LogP contribution in [0.25, 0.3) is 0 Å². The quantitative estimate of drug-likeness (QED) is 0.313. The number of ether oxygens (including phenoxy) is 2. The van der Waals surface area contributed by atoms with Gasteiger partial charge in [-0.25, -0.2) is 5.43 Å². The molecule has 0 aromatic heterocycles. The van der Waals surface area contributed by atoms with Crippen molar-refractivity contribution in [3.63, 3.8) is 0 Å². The second kappa shape index (κ2) is 11.6. The lowest BCUT2D eigenvalue weighted by Gasteiger charge is -2.14. The fourth-order valence-corrected chi connectivity index (χ4v) is 2.78. The van der Waals surface area contributed by atoms with Gasteiger partial charge < -0.3 is 9.47 Å². The lowest BCUT2D eigenvalue weighted by atomic mass is 10.2. The molecule has 2 aromatic carbocycles. The largest absolute Gasteiger partial charge is 0.493 e. The molecule has 150 valence electrons. The van der Waals surface area contributed by atoms with Gasteiger partial charge in [0.1, 0.15) is 11.5 Å². The van der Waals surface area contributed by atoms with E-state index < -0.39 is 12.0 Å². The van der Waals surface area contributed by atoms with Gasteiger partial charge in [0.05, 0.1) is 17.8 Å². The first kappa shape index (κ1) is 22.1. The number of halogens is 2. The molecule has 1 amide bonds. The van der Waals surface area contributed by atoms with E-state index in [4.69, 9.17) is 32.7 Å². The highest BCUT2D eigenvalue weighted by Crippen LogP contribution is 2.28. The second-order valence-corrected chi connectivity index (χ2v) is 7.01. The van der Waals surface area contributed by atoms with Gasteiger partial charge in [-0.1, -0.05) is 55.1 Å². The lowest BCUT2D eigenvalue weighted by Crippen LogP contribution is -2.33. The van der Waals surface area contributed by atoms with Crippen LogP contribution in [0, 0.1) is 0 Å². The number of nitrogens with zero attached hydrogens (tertiary/aromatic N) is 1. The van der Waals surface area contributed by atoms with E-state index in [9.17, 15) is 4.79 Å². The van der Waals surface area contributed by atoms with Crippen molar-refractivity contribution in [3.8, 4) is 11.5 Å². The van der Waals surface area contributed by atoms with Crippen molar-refractivity contribution in [2.45, 2.75) is 39.2 Å². The minimum Gasteiger partial charge on any atom is -0.493 e. The molecule has 0 bridgehead atoms. The molecular weight excluding hydrogens is 399 g/mol. The number of carbonyl (C=O) groups excluding carboxylic acids is 1. The van der Waals surface area contributed by atoms with Gasteiger partial charge in [0, 0.05) is 10.6 Å². The summed E-state index contributed by atoms with van der Waals surface area (Å²) in [6.07, 6.45) is 4.04. The molecule has 0 aliphatic heterocycles. The number of para-hydroxylation sites is 1. The summed E-state index contributed by atoms with van der Waals surface area (Å²) in [4.78, 5) is 12.2. The van der Waals surface area contributed by atoms with E-state index in [1.54, 1.807) is 31.3 Å². The molecule has 0 radical (unpaired) electrons. The van der Waals surface area contributed by atoms with Crippen LogP contribution in [-0.4, -0.2) is 24.8 Å². The van der Waals surface area contributed by atoms with Gasteiger partial charge in [-0.15, -0.1) is 0 Å². The van der Waals surface area contributed by atoms with Crippen molar-refractivity contribution in [2.75, 3.05) is 6.61 Å². The molecule has 0 heterocycles. The first-order valence-electron chi connectivity index (χ1n) is 9.17. The molecule has 0 spiro atoms. The normalized spacial score (nSPS) is 12.0. The smallest absolute Gasteiger partial charge is 0.280 e. The number of benzene rings is 2. The molecule has 0 saturated carbocycles. The summed E-state index contributed by atoms with van der Waals surface area (Å²) < 4.78 is 11.4. The Bertz CT molecular complexity index is 812. The van der Waals surface area contributed by atoms with Crippen molar-refractivity contribution in [1.29, 1.82) is 0 Å². The van der Waals surface area contributed by atoms with Crippen molar-refractivity contribution in [2.24, 2.45) is 5.10 Å². The van der Waals surface area contributed by atoms with Crippen LogP contribution in [0.2, 0.25) is 10.0 Å². The van der Waals surface area contributed by atoms with Gasteiger partial charge in [-0.05, 0) is 43.7 Å². The highest BCUT2D eigenvalue weighted by molar-refractivity contribution is 6.35. The van der Waals surface area contributed by atoms with Crippen LogP contribution in [-0.2, 0) is 4.79 Å². The molecule has 0 aliphatic rings. The zero-order valence-electron chi connectivity index (χ0n) is 16.0. The summed E-state index contributed by atoms with van der Waals surface area (Å²) in [6, 6.07) is 12.3. The van der Waals surface area contributed by atoms with Gasteiger partial charge in [-0.2, -0.15) is 5.10 Å². The first-order chi connectivity index (χ1) is 13.5. The zero-order valence-corrected chi connectivity index (χ0v) is 17.5. The highest BCUT2D eigenvalue weighted by Gasteiger charge is 2.15. The van der Waals surface area contributed by atoms with E-state index >= 15 is 0 Å². The third kappa shape index (κ3) is 7.06. The Hall–Kier alpha value is -2.24. The van der Waals surface area contributed by atoms with E-state index in [0.717, 1.165) is 30.6 Å². The number of amides is 1. The number of nitrogens with one attached hydrogen (secondary N) is 1. The fraction of sp³-hybridized carbons (Fsp3) is 0.333. The molecule has 0 aliphatic carbocycles. The monoisotopic (exact) mass is 422 g/mol. The van der Waals surface area contributed by atoms with Crippen molar-refractivity contribution in [3.05, 3.63) is 58.1 Å².